The molecule has 2 rings (SSSR count). The summed E-state index contributed by atoms with van der Waals surface area (Å²) in [6.07, 6.45) is 0. The predicted octanol–water partition coefficient (Wildman–Crippen LogP) is 1.82. The van der Waals surface area contributed by atoms with Crippen LogP contribution in [0.5, 0.6) is 5.88 Å². The molecule has 96 valence electrons. The highest BCUT2D eigenvalue weighted by Gasteiger charge is 2.13. The van der Waals surface area contributed by atoms with Crippen molar-refractivity contribution in [2.45, 2.75) is 13.8 Å². The van der Waals surface area contributed by atoms with Gasteiger partial charge in [-0.2, -0.15) is 0 Å². The molecule has 0 amide bonds. The molecule has 2 aromatic rings. The number of rotatable bonds is 4. The van der Waals surface area contributed by atoms with Crippen LogP contribution in [0.25, 0.3) is 0 Å². The first kappa shape index (κ1) is 12.1. The number of aryl methyl sites for hydroxylation is 2. The summed E-state index contributed by atoms with van der Waals surface area (Å²) in [5, 5.41) is 14.1. The Morgan fingerprint density at radius 3 is 2.94 bits per heavy atom. The zero-order valence-corrected chi connectivity index (χ0v) is 10.3. The molecule has 0 unspecified atom stereocenters. The van der Waals surface area contributed by atoms with E-state index in [1.807, 2.05) is 6.92 Å². The van der Waals surface area contributed by atoms with Crippen LogP contribution in [0.1, 0.15) is 12.7 Å². The average molecular weight is 251 g/mol. The monoisotopic (exact) mass is 251 g/mol. The molecule has 0 atom stereocenters. The molecule has 0 saturated carbocycles. The number of aromatic nitrogens is 3. The van der Waals surface area contributed by atoms with Crippen molar-refractivity contribution in [1.82, 2.24) is 14.9 Å². The summed E-state index contributed by atoms with van der Waals surface area (Å²) < 4.78 is 11.4. The quantitative estimate of drug-likeness (QED) is 0.838. The lowest BCUT2D eigenvalue weighted by Gasteiger charge is -1.97. The smallest absolute Gasteiger partial charge is 0.298 e. The van der Waals surface area contributed by atoms with Gasteiger partial charge in [-0.05, 0) is 13.8 Å². The topological polar surface area (TPSA) is 97.8 Å². The third-order valence-corrected chi connectivity index (χ3v) is 2.15. The predicted molar refractivity (Wildman–Crippen MR) is 62.6 cm³/mol. The van der Waals surface area contributed by atoms with Crippen LogP contribution in [-0.4, -0.2) is 21.5 Å². The first-order valence-electron chi connectivity index (χ1n) is 5.38. The van der Waals surface area contributed by atoms with Crippen molar-refractivity contribution in [2.75, 3.05) is 6.61 Å². The van der Waals surface area contributed by atoms with E-state index in [2.05, 4.69) is 20.5 Å². The number of hydrogen-bond donors (Lipinski definition) is 1. The third-order valence-electron chi connectivity index (χ3n) is 2.15. The number of aromatic amines is 1. The zero-order valence-electron chi connectivity index (χ0n) is 10.3. The first-order valence-corrected chi connectivity index (χ1v) is 5.38. The Bertz CT molecular complexity index is 622. The van der Waals surface area contributed by atoms with Crippen molar-refractivity contribution in [3.05, 3.63) is 22.2 Å². The average Bonchev–Trinajstić information content (AvgIpc) is 2.84. The summed E-state index contributed by atoms with van der Waals surface area (Å²) in [6, 6.07) is 1.61. The second-order valence-electron chi connectivity index (χ2n) is 3.58. The van der Waals surface area contributed by atoms with E-state index in [4.69, 9.17) is 9.26 Å². The van der Waals surface area contributed by atoms with Gasteiger partial charge in [-0.25, -0.2) is 0 Å². The summed E-state index contributed by atoms with van der Waals surface area (Å²) in [5.41, 5.74) is -0.206. The van der Waals surface area contributed by atoms with E-state index < -0.39 is 0 Å². The summed E-state index contributed by atoms with van der Waals surface area (Å²) in [5.74, 6) is 1.21. The Balaban J connectivity index is 2.33. The van der Waals surface area contributed by atoms with Crippen LogP contribution >= 0.6 is 0 Å². The highest BCUT2D eigenvalue weighted by molar-refractivity contribution is 5.45. The largest absolute Gasteiger partial charge is 0.477 e. The minimum absolute atomic E-state index is 0.111. The van der Waals surface area contributed by atoms with E-state index in [1.54, 1.807) is 20.0 Å². The number of hydrogen-bond acceptors (Lipinski definition) is 6. The summed E-state index contributed by atoms with van der Waals surface area (Å²) in [6.45, 7) is 3.98. The van der Waals surface area contributed by atoms with E-state index >= 15 is 0 Å². The second kappa shape index (κ2) is 4.86. The number of ether oxygens (including phenoxy) is 1. The number of H-pyrrole nitrogens is 1. The zero-order chi connectivity index (χ0) is 13.1. The molecule has 2 aromatic heterocycles. The van der Waals surface area contributed by atoms with Crippen LogP contribution in [0.2, 0.25) is 0 Å². The summed E-state index contributed by atoms with van der Waals surface area (Å²) in [7, 11) is 1.57. The van der Waals surface area contributed by atoms with Gasteiger partial charge in [0.15, 0.2) is 0 Å². The second-order valence-corrected chi connectivity index (χ2v) is 3.58. The highest BCUT2D eigenvalue weighted by Crippen LogP contribution is 2.23. The molecule has 0 bridgehead atoms. The minimum Gasteiger partial charge on any atom is -0.477 e. The maximum Gasteiger partial charge on any atom is 0.298 e. The molecule has 1 N–H and O–H groups in total. The number of nitrogens with zero attached hydrogens (tertiary/aromatic N) is 4. The maximum absolute atomic E-state index is 11.7. The van der Waals surface area contributed by atoms with Gasteiger partial charge in [-0.3, -0.25) is 14.6 Å². The molecule has 0 aromatic carbocycles. The normalized spacial score (nSPS) is 11.3. The van der Waals surface area contributed by atoms with E-state index in [0.717, 1.165) is 0 Å². The third kappa shape index (κ3) is 2.31. The number of nitrogens with one attached hydrogen (secondary N) is 1. The van der Waals surface area contributed by atoms with Gasteiger partial charge >= 0.3 is 0 Å². The van der Waals surface area contributed by atoms with Crippen LogP contribution in [0, 0.1) is 6.92 Å². The lowest BCUT2D eigenvalue weighted by atomic mass is 10.5. The van der Waals surface area contributed by atoms with E-state index in [-0.39, 0.29) is 17.1 Å². The number of azo groups is 1. The van der Waals surface area contributed by atoms with Crippen LogP contribution in [0.3, 0.4) is 0 Å². The van der Waals surface area contributed by atoms with Crippen LogP contribution < -0.4 is 10.3 Å². The Kier molecular flexibility index (Phi) is 3.26. The van der Waals surface area contributed by atoms with Gasteiger partial charge in [-0.1, -0.05) is 5.16 Å². The molecule has 18 heavy (non-hydrogen) atoms. The fraction of sp³-hybridized carbons (Fsp3) is 0.400. The maximum atomic E-state index is 11.7. The molecular formula is C10H13N5O3. The van der Waals surface area contributed by atoms with Crippen LogP contribution in [0.15, 0.2) is 25.6 Å². The standard InChI is InChI=1S/C10H13N5O3/c1-4-17-9-8(10(16)15(3)13-9)12-11-7-5-6(2)18-14-7/h5,13H,4H2,1-3H3/b12-11+. The van der Waals surface area contributed by atoms with Crippen molar-refractivity contribution in [3.63, 3.8) is 0 Å². The van der Waals surface area contributed by atoms with Gasteiger partial charge in [0.25, 0.3) is 5.56 Å². The Labute approximate surface area is 102 Å². The van der Waals surface area contributed by atoms with Crippen molar-refractivity contribution in [1.29, 1.82) is 0 Å². The molecule has 0 radical (unpaired) electrons. The van der Waals surface area contributed by atoms with Crippen LogP contribution in [0.4, 0.5) is 11.5 Å². The molecular weight excluding hydrogens is 238 g/mol. The Morgan fingerprint density at radius 2 is 2.33 bits per heavy atom. The fourth-order valence-corrected chi connectivity index (χ4v) is 1.35. The van der Waals surface area contributed by atoms with Crippen LogP contribution in [-0.2, 0) is 7.05 Å². The highest BCUT2D eigenvalue weighted by atomic mass is 16.5. The first-order chi connectivity index (χ1) is 8.61. The molecule has 0 fully saturated rings. The Hall–Kier alpha value is -2.38. The lowest BCUT2D eigenvalue weighted by molar-refractivity contribution is 0.324. The van der Waals surface area contributed by atoms with Crippen molar-refractivity contribution < 1.29 is 9.26 Å². The van der Waals surface area contributed by atoms with Crippen molar-refractivity contribution >= 4 is 11.5 Å². The fourth-order valence-electron chi connectivity index (χ4n) is 1.35. The van der Waals surface area contributed by atoms with Gasteiger partial charge in [-0.15, -0.1) is 10.2 Å². The molecule has 0 aliphatic rings. The van der Waals surface area contributed by atoms with Gasteiger partial charge in [0, 0.05) is 13.1 Å². The molecule has 0 aliphatic carbocycles. The summed E-state index contributed by atoms with van der Waals surface area (Å²) >= 11 is 0. The molecule has 0 aliphatic heterocycles. The van der Waals surface area contributed by atoms with Gasteiger partial charge < -0.3 is 9.26 Å². The van der Waals surface area contributed by atoms with E-state index in [9.17, 15) is 4.79 Å². The van der Waals surface area contributed by atoms with E-state index in [1.165, 1.54) is 4.68 Å². The lowest BCUT2D eigenvalue weighted by Crippen LogP contribution is -2.10. The van der Waals surface area contributed by atoms with Gasteiger partial charge in [0.1, 0.15) is 5.76 Å². The van der Waals surface area contributed by atoms with E-state index in [0.29, 0.717) is 18.2 Å². The Morgan fingerprint density at radius 1 is 1.56 bits per heavy atom. The van der Waals surface area contributed by atoms with Crippen molar-refractivity contribution in [2.24, 2.45) is 17.3 Å². The van der Waals surface area contributed by atoms with Crippen molar-refractivity contribution in [3.8, 4) is 5.88 Å². The molecule has 8 heteroatoms. The molecule has 0 saturated heterocycles. The molecule has 2 heterocycles. The van der Waals surface area contributed by atoms with Gasteiger partial charge in [0.05, 0.1) is 6.61 Å². The summed E-state index contributed by atoms with van der Waals surface area (Å²) in [4.78, 5) is 11.7. The SMILES string of the molecule is CCOc1[nH]n(C)c(=O)c1/N=N/c1cc(C)on1. The molecule has 8 nitrogen and oxygen atoms in total. The molecule has 0 spiro atoms. The van der Waals surface area contributed by atoms with Gasteiger partial charge in [0.2, 0.25) is 17.4 Å². The minimum atomic E-state index is -0.317.